The van der Waals surface area contributed by atoms with Gasteiger partial charge in [-0.3, -0.25) is 9.69 Å². The molecule has 0 spiro atoms. The third-order valence-electron chi connectivity index (χ3n) is 6.40. The van der Waals surface area contributed by atoms with Crippen LogP contribution in [0.2, 0.25) is 0 Å². The van der Waals surface area contributed by atoms with E-state index in [0.717, 1.165) is 27.9 Å². The Morgan fingerprint density at radius 2 is 1.82 bits per heavy atom. The normalized spacial score (nSPS) is 16.5. The minimum Gasteiger partial charge on any atom is -0.480 e. The Hall–Kier alpha value is -4.23. The van der Waals surface area contributed by atoms with Crippen LogP contribution in [0, 0.1) is 11.8 Å². The van der Waals surface area contributed by atoms with E-state index >= 15 is 0 Å². The molecule has 2 unspecified atom stereocenters. The first-order valence-corrected chi connectivity index (χ1v) is 12.4. The quantitative estimate of drug-likeness (QED) is 0.363. The predicted molar refractivity (Wildman–Crippen MR) is 139 cm³/mol. The third-order valence-corrected chi connectivity index (χ3v) is 6.40. The summed E-state index contributed by atoms with van der Waals surface area (Å²) < 4.78 is 12.7. The highest BCUT2D eigenvalue weighted by Crippen LogP contribution is 2.22. The highest BCUT2D eigenvalue weighted by molar-refractivity contribution is 5.73. The third kappa shape index (κ3) is 6.01. The number of carboxylic acids is 1. The average Bonchev–Trinajstić information content (AvgIpc) is 3.59. The molecule has 2 N–H and O–H groups in total. The zero-order valence-corrected chi connectivity index (χ0v) is 20.9. The number of aliphatic hydroxyl groups excluding tert-OH is 1. The zero-order valence-electron chi connectivity index (χ0n) is 20.9. The van der Waals surface area contributed by atoms with Crippen LogP contribution in [0.25, 0.3) is 11.3 Å². The van der Waals surface area contributed by atoms with Gasteiger partial charge in [-0.1, -0.05) is 29.1 Å². The summed E-state index contributed by atoms with van der Waals surface area (Å²) in [6, 6.07) is 16.9. The molecule has 4 aromatic rings. The SMILES string of the molecule is CC(O)c1nccn1Cc1cc(-c2ccc(C#Cc3ccc(CN4CCOCC4C(=O)O)cc3)cc2)on1. The van der Waals surface area contributed by atoms with Crippen molar-refractivity contribution in [1.82, 2.24) is 19.6 Å². The summed E-state index contributed by atoms with van der Waals surface area (Å²) in [6.07, 6.45) is 2.79. The molecule has 1 aliphatic rings. The average molecular weight is 513 g/mol. The monoisotopic (exact) mass is 512 g/mol. The Labute approximate surface area is 220 Å². The Morgan fingerprint density at radius 3 is 2.50 bits per heavy atom. The number of morpholine rings is 1. The summed E-state index contributed by atoms with van der Waals surface area (Å²) in [5.74, 6) is 6.73. The van der Waals surface area contributed by atoms with Gasteiger partial charge in [0.05, 0.1) is 19.8 Å². The van der Waals surface area contributed by atoms with Gasteiger partial charge in [0.25, 0.3) is 0 Å². The maximum Gasteiger partial charge on any atom is 0.323 e. The molecule has 2 aromatic carbocycles. The Bertz CT molecular complexity index is 1440. The number of carboxylic acid groups (broad SMARTS) is 1. The highest BCUT2D eigenvalue weighted by atomic mass is 16.5. The van der Waals surface area contributed by atoms with Gasteiger partial charge < -0.3 is 24.0 Å². The summed E-state index contributed by atoms with van der Waals surface area (Å²) in [5.41, 5.74) is 4.41. The van der Waals surface area contributed by atoms with Crippen molar-refractivity contribution in [3.8, 4) is 23.2 Å². The molecule has 0 saturated carbocycles. The van der Waals surface area contributed by atoms with Crippen LogP contribution >= 0.6 is 0 Å². The summed E-state index contributed by atoms with van der Waals surface area (Å²) in [4.78, 5) is 17.6. The van der Waals surface area contributed by atoms with Gasteiger partial charge in [0, 0.05) is 48.2 Å². The first kappa shape index (κ1) is 25.4. The molecule has 5 rings (SSSR count). The molecule has 9 heteroatoms. The summed E-state index contributed by atoms with van der Waals surface area (Å²) in [6.45, 7) is 4.04. The molecule has 0 radical (unpaired) electrons. The molecule has 9 nitrogen and oxygen atoms in total. The van der Waals surface area contributed by atoms with Gasteiger partial charge in [0.2, 0.25) is 0 Å². The van der Waals surface area contributed by atoms with Gasteiger partial charge in [-0.05, 0) is 48.9 Å². The van der Waals surface area contributed by atoms with Crippen molar-refractivity contribution in [1.29, 1.82) is 0 Å². The first-order valence-electron chi connectivity index (χ1n) is 12.4. The minimum absolute atomic E-state index is 0.214. The summed E-state index contributed by atoms with van der Waals surface area (Å²) in [7, 11) is 0. The molecular weight excluding hydrogens is 484 g/mol. The molecule has 0 aliphatic carbocycles. The standard InChI is InChI=1S/C29H28N4O5/c1-20(34)28-30-12-13-33(28)18-25-16-27(38-31-25)24-10-8-22(9-11-24)3-2-21-4-6-23(7-5-21)17-32-14-15-37-19-26(32)29(35)36/h4-13,16,20,26,34H,14-15,17-19H2,1H3,(H,35,36). The van der Waals surface area contributed by atoms with Gasteiger partial charge in [0.1, 0.15) is 23.7 Å². The van der Waals surface area contributed by atoms with Crippen LogP contribution in [0.1, 0.15) is 41.2 Å². The largest absolute Gasteiger partial charge is 0.480 e. The molecule has 0 amide bonds. The first-order chi connectivity index (χ1) is 18.5. The minimum atomic E-state index is -0.859. The number of imidazole rings is 1. The van der Waals surface area contributed by atoms with Crippen molar-refractivity contribution in [3.05, 3.63) is 95.2 Å². The van der Waals surface area contributed by atoms with Crippen LogP contribution in [-0.4, -0.2) is 61.6 Å². The van der Waals surface area contributed by atoms with Gasteiger partial charge in [0.15, 0.2) is 5.76 Å². The lowest BCUT2D eigenvalue weighted by Crippen LogP contribution is -2.49. The summed E-state index contributed by atoms with van der Waals surface area (Å²) in [5, 5.41) is 23.4. The van der Waals surface area contributed by atoms with Crippen LogP contribution in [0.15, 0.2) is 71.5 Å². The molecule has 1 aliphatic heterocycles. The number of aromatic nitrogens is 3. The van der Waals surface area contributed by atoms with E-state index in [0.29, 0.717) is 37.8 Å². The molecule has 2 aromatic heterocycles. The number of hydrogen-bond donors (Lipinski definition) is 2. The number of carbonyl (C=O) groups is 1. The highest BCUT2D eigenvalue weighted by Gasteiger charge is 2.28. The van der Waals surface area contributed by atoms with E-state index in [1.807, 2.05) is 64.1 Å². The topological polar surface area (TPSA) is 114 Å². The maximum absolute atomic E-state index is 11.5. The molecule has 38 heavy (non-hydrogen) atoms. The zero-order chi connectivity index (χ0) is 26.5. The molecule has 0 bridgehead atoms. The lowest BCUT2D eigenvalue weighted by molar-refractivity contribution is -0.150. The number of aliphatic hydroxyl groups is 1. The second-order valence-electron chi connectivity index (χ2n) is 9.20. The van der Waals surface area contributed by atoms with E-state index in [4.69, 9.17) is 9.26 Å². The Kier molecular flexibility index (Phi) is 7.65. The Morgan fingerprint density at radius 1 is 1.11 bits per heavy atom. The van der Waals surface area contributed by atoms with Crippen LogP contribution in [-0.2, 0) is 22.6 Å². The molecule has 194 valence electrons. The number of hydrogen-bond acceptors (Lipinski definition) is 7. The van der Waals surface area contributed by atoms with E-state index in [1.54, 1.807) is 19.3 Å². The molecule has 3 heterocycles. The van der Waals surface area contributed by atoms with Crippen molar-refractivity contribution < 1.29 is 24.3 Å². The van der Waals surface area contributed by atoms with Crippen LogP contribution in [0.4, 0.5) is 0 Å². The summed E-state index contributed by atoms with van der Waals surface area (Å²) >= 11 is 0. The number of ether oxygens (including phenoxy) is 1. The molecular formula is C29H28N4O5. The molecule has 1 saturated heterocycles. The fourth-order valence-electron chi connectivity index (χ4n) is 4.36. The van der Waals surface area contributed by atoms with Crippen LogP contribution < -0.4 is 0 Å². The second-order valence-corrected chi connectivity index (χ2v) is 9.20. The van der Waals surface area contributed by atoms with E-state index in [9.17, 15) is 15.0 Å². The smallest absolute Gasteiger partial charge is 0.323 e. The van der Waals surface area contributed by atoms with Gasteiger partial charge in [-0.15, -0.1) is 0 Å². The van der Waals surface area contributed by atoms with Crippen molar-refractivity contribution >= 4 is 5.97 Å². The fraction of sp³-hybridized carbons (Fsp3) is 0.276. The lowest BCUT2D eigenvalue weighted by Gasteiger charge is -2.32. The molecule has 1 fully saturated rings. The van der Waals surface area contributed by atoms with E-state index in [-0.39, 0.29) is 6.61 Å². The van der Waals surface area contributed by atoms with Crippen LogP contribution in [0.3, 0.4) is 0 Å². The Balaban J connectivity index is 1.20. The van der Waals surface area contributed by atoms with Crippen molar-refractivity contribution in [2.24, 2.45) is 0 Å². The van der Waals surface area contributed by atoms with Crippen molar-refractivity contribution in [3.63, 3.8) is 0 Å². The maximum atomic E-state index is 11.5. The van der Waals surface area contributed by atoms with Gasteiger partial charge in [-0.25, -0.2) is 4.98 Å². The van der Waals surface area contributed by atoms with Crippen molar-refractivity contribution in [2.45, 2.75) is 32.2 Å². The lowest BCUT2D eigenvalue weighted by atomic mass is 10.1. The van der Waals surface area contributed by atoms with Crippen molar-refractivity contribution in [2.75, 3.05) is 19.8 Å². The van der Waals surface area contributed by atoms with Crippen LogP contribution in [0.5, 0.6) is 0 Å². The number of aliphatic carboxylic acids is 1. The number of nitrogens with zero attached hydrogens (tertiary/aromatic N) is 4. The van der Waals surface area contributed by atoms with Gasteiger partial charge >= 0.3 is 5.97 Å². The number of benzene rings is 2. The number of rotatable bonds is 7. The van der Waals surface area contributed by atoms with E-state index < -0.39 is 18.1 Å². The van der Waals surface area contributed by atoms with Gasteiger partial charge in [-0.2, -0.15) is 0 Å². The second kappa shape index (κ2) is 11.4. The van der Waals surface area contributed by atoms with E-state index in [2.05, 4.69) is 22.0 Å². The predicted octanol–water partition coefficient (Wildman–Crippen LogP) is 3.32. The fourth-order valence-corrected chi connectivity index (χ4v) is 4.36. The van der Waals surface area contributed by atoms with E-state index in [1.165, 1.54) is 0 Å². The molecule has 2 atom stereocenters.